The number of hydrogen-bond donors (Lipinski definition) is 0. The van der Waals surface area contributed by atoms with Crippen LogP contribution < -0.4 is 0 Å². The predicted molar refractivity (Wildman–Crippen MR) is 68.7 cm³/mol. The minimum Gasteiger partial charge on any atom is -0.303 e. The second kappa shape index (κ2) is 7.21. The maximum Gasteiger partial charge on any atom is 0.127 e. The molecule has 0 N–H and O–H groups in total. The molecule has 0 spiro atoms. The Kier molecular flexibility index (Phi) is 5.84. The van der Waals surface area contributed by atoms with Crippen molar-refractivity contribution in [2.45, 2.75) is 51.9 Å². The van der Waals surface area contributed by atoms with E-state index in [0.29, 0.717) is 0 Å². The lowest BCUT2D eigenvalue weighted by Gasteiger charge is -2.10. The molecule has 1 nitrogen and oxygen atoms in total. The minimum atomic E-state index is 0.0949. The van der Waals surface area contributed by atoms with Crippen LogP contribution in [0.1, 0.15) is 56.1 Å². The SMILES string of the molecule is CCCCCCC(C=O)c1ccc(C)cc1. The Bertz CT molecular complexity index is 300. The first kappa shape index (κ1) is 13.0. The quantitative estimate of drug-likeness (QED) is 0.494. The standard InChI is InChI=1S/C15H22O/c1-3-4-5-6-7-15(12-16)14-10-8-13(2)9-11-14/h8-12,15H,3-7H2,1-2H3. The Morgan fingerprint density at radius 3 is 2.38 bits per heavy atom. The number of aldehydes is 1. The number of carbonyl (C=O) groups excluding carboxylic acids is 1. The van der Waals surface area contributed by atoms with Crippen molar-refractivity contribution in [2.75, 3.05) is 0 Å². The second-order valence-electron chi connectivity index (χ2n) is 4.50. The Morgan fingerprint density at radius 2 is 1.81 bits per heavy atom. The van der Waals surface area contributed by atoms with Gasteiger partial charge in [0.15, 0.2) is 0 Å². The molecule has 0 amide bonds. The van der Waals surface area contributed by atoms with E-state index in [1.165, 1.54) is 24.8 Å². The Labute approximate surface area is 98.9 Å². The van der Waals surface area contributed by atoms with E-state index < -0.39 is 0 Å². The van der Waals surface area contributed by atoms with E-state index in [2.05, 4.69) is 38.1 Å². The Morgan fingerprint density at radius 1 is 1.12 bits per heavy atom. The molecule has 1 heteroatoms. The van der Waals surface area contributed by atoms with Gasteiger partial charge in [0, 0.05) is 5.92 Å². The van der Waals surface area contributed by atoms with Crippen LogP contribution in [0.15, 0.2) is 24.3 Å². The summed E-state index contributed by atoms with van der Waals surface area (Å²) >= 11 is 0. The van der Waals surface area contributed by atoms with Gasteiger partial charge in [-0.3, -0.25) is 0 Å². The summed E-state index contributed by atoms with van der Waals surface area (Å²) in [5.41, 5.74) is 2.41. The van der Waals surface area contributed by atoms with E-state index in [9.17, 15) is 4.79 Å². The van der Waals surface area contributed by atoms with Crippen molar-refractivity contribution in [3.8, 4) is 0 Å². The van der Waals surface area contributed by atoms with E-state index in [1.54, 1.807) is 0 Å². The highest BCUT2D eigenvalue weighted by molar-refractivity contribution is 5.62. The number of benzene rings is 1. The first-order valence-corrected chi connectivity index (χ1v) is 6.29. The molecule has 0 aliphatic heterocycles. The van der Waals surface area contributed by atoms with Gasteiger partial charge in [-0.15, -0.1) is 0 Å². The van der Waals surface area contributed by atoms with Crippen LogP contribution in [0.25, 0.3) is 0 Å². The summed E-state index contributed by atoms with van der Waals surface area (Å²) < 4.78 is 0. The van der Waals surface area contributed by atoms with Crippen LogP contribution >= 0.6 is 0 Å². The summed E-state index contributed by atoms with van der Waals surface area (Å²) in [5, 5.41) is 0. The van der Waals surface area contributed by atoms with E-state index >= 15 is 0 Å². The first-order valence-electron chi connectivity index (χ1n) is 6.29. The fraction of sp³-hybridized carbons (Fsp3) is 0.533. The third-order valence-electron chi connectivity index (χ3n) is 3.04. The smallest absolute Gasteiger partial charge is 0.127 e. The van der Waals surface area contributed by atoms with Crippen LogP contribution in [0.3, 0.4) is 0 Å². The van der Waals surface area contributed by atoms with Crippen LogP contribution in [0.4, 0.5) is 0 Å². The third kappa shape index (κ3) is 4.18. The van der Waals surface area contributed by atoms with Crippen molar-refractivity contribution >= 4 is 6.29 Å². The normalized spacial score (nSPS) is 12.4. The van der Waals surface area contributed by atoms with Crippen molar-refractivity contribution in [3.63, 3.8) is 0 Å². The summed E-state index contributed by atoms with van der Waals surface area (Å²) in [6, 6.07) is 8.32. The molecule has 0 aromatic heterocycles. The average Bonchev–Trinajstić information content (AvgIpc) is 2.31. The van der Waals surface area contributed by atoms with E-state index in [4.69, 9.17) is 0 Å². The zero-order valence-corrected chi connectivity index (χ0v) is 10.4. The average molecular weight is 218 g/mol. The fourth-order valence-electron chi connectivity index (χ4n) is 1.92. The second-order valence-corrected chi connectivity index (χ2v) is 4.50. The van der Waals surface area contributed by atoms with Gasteiger partial charge in [-0.2, -0.15) is 0 Å². The number of hydrogen-bond acceptors (Lipinski definition) is 1. The van der Waals surface area contributed by atoms with Gasteiger partial charge in [-0.05, 0) is 18.9 Å². The van der Waals surface area contributed by atoms with Crippen LogP contribution in [0, 0.1) is 6.92 Å². The van der Waals surface area contributed by atoms with E-state index in [0.717, 1.165) is 24.7 Å². The number of carbonyl (C=O) groups is 1. The van der Waals surface area contributed by atoms with Crippen molar-refractivity contribution in [2.24, 2.45) is 0 Å². The number of unbranched alkanes of at least 4 members (excludes halogenated alkanes) is 3. The van der Waals surface area contributed by atoms with Gasteiger partial charge in [0.1, 0.15) is 6.29 Å². The molecule has 0 saturated carbocycles. The van der Waals surface area contributed by atoms with E-state index in [-0.39, 0.29) is 5.92 Å². The highest BCUT2D eigenvalue weighted by Gasteiger charge is 2.09. The fourth-order valence-corrected chi connectivity index (χ4v) is 1.92. The maximum absolute atomic E-state index is 11.1. The highest BCUT2D eigenvalue weighted by Crippen LogP contribution is 2.21. The lowest BCUT2D eigenvalue weighted by Crippen LogP contribution is -2.00. The van der Waals surface area contributed by atoms with Crippen molar-refractivity contribution in [1.29, 1.82) is 0 Å². The zero-order valence-electron chi connectivity index (χ0n) is 10.4. The van der Waals surface area contributed by atoms with Crippen LogP contribution in [0.5, 0.6) is 0 Å². The van der Waals surface area contributed by atoms with Crippen LogP contribution in [-0.4, -0.2) is 6.29 Å². The molecule has 0 saturated heterocycles. The summed E-state index contributed by atoms with van der Waals surface area (Å²) in [5.74, 6) is 0.0949. The molecule has 1 aromatic rings. The summed E-state index contributed by atoms with van der Waals surface area (Å²) in [6.45, 7) is 4.28. The molecule has 88 valence electrons. The molecule has 0 fully saturated rings. The topological polar surface area (TPSA) is 17.1 Å². The van der Waals surface area contributed by atoms with Crippen LogP contribution in [-0.2, 0) is 4.79 Å². The molecule has 1 unspecified atom stereocenters. The van der Waals surface area contributed by atoms with Gasteiger partial charge in [0.2, 0.25) is 0 Å². The van der Waals surface area contributed by atoms with Crippen molar-refractivity contribution < 1.29 is 4.79 Å². The maximum atomic E-state index is 11.1. The minimum absolute atomic E-state index is 0.0949. The molecule has 1 rings (SSSR count). The summed E-state index contributed by atoms with van der Waals surface area (Å²) in [7, 11) is 0. The Hall–Kier alpha value is -1.11. The monoisotopic (exact) mass is 218 g/mol. The van der Waals surface area contributed by atoms with Gasteiger partial charge < -0.3 is 4.79 Å². The highest BCUT2D eigenvalue weighted by atomic mass is 16.1. The van der Waals surface area contributed by atoms with Gasteiger partial charge in [-0.1, -0.05) is 62.4 Å². The van der Waals surface area contributed by atoms with Crippen LogP contribution in [0.2, 0.25) is 0 Å². The lowest BCUT2D eigenvalue weighted by molar-refractivity contribution is -0.109. The molecular formula is C15H22O. The largest absolute Gasteiger partial charge is 0.303 e. The third-order valence-corrected chi connectivity index (χ3v) is 3.04. The van der Waals surface area contributed by atoms with Gasteiger partial charge >= 0.3 is 0 Å². The molecule has 0 aliphatic rings. The molecule has 1 aromatic carbocycles. The zero-order chi connectivity index (χ0) is 11.8. The molecule has 0 aliphatic carbocycles. The lowest BCUT2D eigenvalue weighted by atomic mass is 9.94. The summed E-state index contributed by atoms with van der Waals surface area (Å²) in [6.07, 6.45) is 7.01. The molecular weight excluding hydrogens is 196 g/mol. The van der Waals surface area contributed by atoms with Crippen molar-refractivity contribution in [3.05, 3.63) is 35.4 Å². The van der Waals surface area contributed by atoms with Gasteiger partial charge in [-0.25, -0.2) is 0 Å². The Balaban J connectivity index is 2.47. The summed E-state index contributed by atoms with van der Waals surface area (Å²) in [4.78, 5) is 11.1. The van der Waals surface area contributed by atoms with Gasteiger partial charge in [0.25, 0.3) is 0 Å². The molecule has 0 heterocycles. The molecule has 16 heavy (non-hydrogen) atoms. The van der Waals surface area contributed by atoms with Gasteiger partial charge in [0.05, 0.1) is 0 Å². The first-order chi connectivity index (χ1) is 7.77. The number of aryl methyl sites for hydroxylation is 1. The van der Waals surface area contributed by atoms with E-state index in [1.807, 2.05) is 0 Å². The molecule has 1 atom stereocenters. The molecule has 0 bridgehead atoms. The molecule has 0 radical (unpaired) electrons. The predicted octanol–water partition coefficient (Wildman–Crippen LogP) is 4.25. The number of rotatable bonds is 7. The van der Waals surface area contributed by atoms with Crippen molar-refractivity contribution in [1.82, 2.24) is 0 Å².